The molecule has 0 radical (unpaired) electrons. The monoisotopic (exact) mass is 387 g/mol. The standard InChI is InChI=1S/C22H31NO2.CH2O2/c1-16(2)23(17(3)4)13-12-20(19-8-6-5-7-9-19)21-14-18(15-24)10-11-22(21)25;2-1-3/h5-11,14,16-17,20,24-25H,12-13,15H2,1-4H3;1H,(H,2,3)/t20-;/m1./s1. The Morgan fingerprint density at radius 1 is 1.00 bits per heavy atom. The minimum atomic E-state index is -0.250. The molecule has 0 aliphatic carbocycles. The van der Waals surface area contributed by atoms with E-state index in [9.17, 15) is 10.2 Å². The molecule has 0 bridgehead atoms. The molecule has 154 valence electrons. The van der Waals surface area contributed by atoms with Crippen LogP contribution in [0.3, 0.4) is 0 Å². The molecule has 0 heterocycles. The summed E-state index contributed by atoms with van der Waals surface area (Å²) in [6, 6.07) is 16.7. The van der Waals surface area contributed by atoms with Crippen molar-refractivity contribution in [2.45, 2.75) is 58.7 Å². The predicted molar refractivity (Wildman–Crippen MR) is 113 cm³/mol. The van der Waals surface area contributed by atoms with Gasteiger partial charge in [-0.1, -0.05) is 36.4 Å². The van der Waals surface area contributed by atoms with Crippen molar-refractivity contribution in [1.29, 1.82) is 0 Å². The van der Waals surface area contributed by atoms with E-state index in [0.29, 0.717) is 17.8 Å². The van der Waals surface area contributed by atoms with Crippen LogP contribution in [0.2, 0.25) is 0 Å². The van der Waals surface area contributed by atoms with Gasteiger partial charge in [0.05, 0.1) is 6.61 Å². The number of phenols is 1. The van der Waals surface area contributed by atoms with Gasteiger partial charge in [-0.2, -0.15) is 0 Å². The summed E-state index contributed by atoms with van der Waals surface area (Å²) >= 11 is 0. The molecule has 0 saturated carbocycles. The van der Waals surface area contributed by atoms with E-state index in [1.165, 1.54) is 5.56 Å². The van der Waals surface area contributed by atoms with Gasteiger partial charge >= 0.3 is 0 Å². The van der Waals surface area contributed by atoms with Crippen LogP contribution in [0, 0.1) is 0 Å². The number of benzene rings is 2. The highest BCUT2D eigenvalue weighted by Crippen LogP contribution is 2.35. The minimum absolute atomic E-state index is 0.0150. The first-order valence-corrected chi connectivity index (χ1v) is 9.66. The molecule has 0 aromatic heterocycles. The summed E-state index contributed by atoms with van der Waals surface area (Å²) in [6.45, 7) is 9.59. The summed E-state index contributed by atoms with van der Waals surface area (Å²) in [7, 11) is 0. The molecular formula is C23H33NO4. The van der Waals surface area contributed by atoms with Crippen molar-refractivity contribution >= 4 is 6.47 Å². The SMILES string of the molecule is CC(C)N(CC[C@H](c1ccccc1)c1cc(CO)ccc1O)C(C)C.O=CO. The number of aromatic hydroxyl groups is 1. The van der Waals surface area contributed by atoms with E-state index in [1.807, 2.05) is 24.3 Å². The quantitative estimate of drug-likeness (QED) is 0.591. The van der Waals surface area contributed by atoms with Crippen molar-refractivity contribution in [1.82, 2.24) is 4.90 Å². The third-order valence-electron chi connectivity index (χ3n) is 4.85. The third kappa shape index (κ3) is 6.98. The lowest BCUT2D eigenvalue weighted by atomic mass is 9.86. The summed E-state index contributed by atoms with van der Waals surface area (Å²) in [6.07, 6.45) is 0.919. The summed E-state index contributed by atoms with van der Waals surface area (Å²) < 4.78 is 0. The molecule has 0 amide bonds. The van der Waals surface area contributed by atoms with Gasteiger partial charge in [0.2, 0.25) is 0 Å². The predicted octanol–water partition coefficient (Wildman–Crippen LogP) is 4.23. The Bertz CT molecular complexity index is 693. The number of phenolic OH excluding ortho intramolecular Hbond substituents is 1. The molecule has 1 atom stereocenters. The Balaban J connectivity index is 0.00000122. The highest BCUT2D eigenvalue weighted by molar-refractivity contribution is 5.43. The fourth-order valence-corrected chi connectivity index (χ4v) is 3.56. The minimum Gasteiger partial charge on any atom is -0.508 e. The summed E-state index contributed by atoms with van der Waals surface area (Å²) in [4.78, 5) is 10.8. The Kier molecular flexibility index (Phi) is 10.3. The first-order valence-electron chi connectivity index (χ1n) is 9.66. The zero-order valence-electron chi connectivity index (χ0n) is 17.2. The number of carboxylic acid groups (broad SMARTS) is 1. The number of hydrogen-bond acceptors (Lipinski definition) is 4. The van der Waals surface area contributed by atoms with E-state index in [0.717, 1.165) is 24.1 Å². The van der Waals surface area contributed by atoms with Gasteiger partial charge in [0.15, 0.2) is 0 Å². The van der Waals surface area contributed by atoms with Crippen LogP contribution < -0.4 is 0 Å². The lowest BCUT2D eigenvalue weighted by molar-refractivity contribution is -0.122. The van der Waals surface area contributed by atoms with Crippen LogP contribution in [0.25, 0.3) is 0 Å². The first kappa shape index (κ1) is 23.7. The smallest absolute Gasteiger partial charge is 0.290 e. The molecule has 5 nitrogen and oxygen atoms in total. The molecule has 5 heteroatoms. The molecular weight excluding hydrogens is 354 g/mol. The van der Waals surface area contributed by atoms with E-state index in [2.05, 4.69) is 44.7 Å². The number of hydrogen-bond donors (Lipinski definition) is 3. The normalized spacial score (nSPS) is 12.0. The highest BCUT2D eigenvalue weighted by Gasteiger charge is 2.21. The zero-order valence-corrected chi connectivity index (χ0v) is 17.2. The molecule has 28 heavy (non-hydrogen) atoms. The van der Waals surface area contributed by atoms with E-state index in [1.54, 1.807) is 12.1 Å². The molecule has 0 spiro atoms. The maximum absolute atomic E-state index is 10.5. The van der Waals surface area contributed by atoms with Gasteiger partial charge < -0.3 is 15.3 Å². The molecule has 0 unspecified atom stereocenters. The summed E-state index contributed by atoms with van der Waals surface area (Å²) in [5.74, 6) is 0.402. The lowest BCUT2D eigenvalue weighted by Gasteiger charge is -2.32. The largest absolute Gasteiger partial charge is 0.508 e. The van der Waals surface area contributed by atoms with Gasteiger partial charge in [0.25, 0.3) is 6.47 Å². The Labute approximate surface area is 168 Å². The van der Waals surface area contributed by atoms with E-state index in [4.69, 9.17) is 9.90 Å². The number of aliphatic hydroxyl groups is 1. The van der Waals surface area contributed by atoms with Gasteiger partial charge in [-0.05, 0) is 63.9 Å². The average Bonchev–Trinajstić information content (AvgIpc) is 2.67. The van der Waals surface area contributed by atoms with Crippen LogP contribution in [-0.4, -0.2) is 45.3 Å². The molecule has 0 fully saturated rings. The molecule has 0 saturated heterocycles. The first-order chi connectivity index (χ1) is 13.3. The van der Waals surface area contributed by atoms with Crippen molar-refractivity contribution in [3.05, 3.63) is 65.2 Å². The van der Waals surface area contributed by atoms with Crippen molar-refractivity contribution in [2.24, 2.45) is 0 Å². The number of nitrogens with zero attached hydrogens (tertiary/aromatic N) is 1. The number of aliphatic hydroxyl groups excluding tert-OH is 1. The second-order valence-corrected chi connectivity index (χ2v) is 7.33. The van der Waals surface area contributed by atoms with Crippen LogP contribution in [0.5, 0.6) is 5.75 Å². The molecule has 3 N–H and O–H groups in total. The second-order valence-electron chi connectivity index (χ2n) is 7.33. The fourth-order valence-electron chi connectivity index (χ4n) is 3.56. The van der Waals surface area contributed by atoms with Crippen molar-refractivity contribution in [3.8, 4) is 5.75 Å². The molecule has 2 aromatic rings. The Morgan fingerprint density at radius 2 is 1.57 bits per heavy atom. The van der Waals surface area contributed by atoms with Crippen molar-refractivity contribution < 1.29 is 20.1 Å². The van der Waals surface area contributed by atoms with Crippen molar-refractivity contribution in [2.75, 3.05) is 6.54 Å². The molecule has 2 rings (SSSR count). The van der Waals surface area contributed by atoms with Crippen LogP contribution in [0.15, 0.2) is 48.5 Å². The van der Waals surface area contributed by atoms with Crippen LogP contribution in [0.1, 0.15) is 56.7 Å². The third-order valence-corrected chi connectivity index (χ3v) is 4.85. The molecule has 0 aliphatic heterocycles. The zero-order chi connectivity index (χ0) is 21.1. The van der Waals surface area contributed by atoms with Crippen LogP contribution in [0.4, 0.5) is 0 Å². The fraction of sp³-hybridized carbons (Fsp3) is 0.435. The van der Waals surface area contributed by atoms with E-state index < -0.39 is 0 Å². The van der Waals surface area contributed by atoms with Gasteiger partial charge in [0, 0.05) is 23.6 Å². The number of carbonyl (C=O) groups is 1. The van der Waals surface area contributed by atoms with Crippen LogP contribution in [-0.2, 0) is 11.4 Å². The van der Waals surface area contributed by atoms with E-state index in [-0.39, 0.29) is 19.0 Å². The molecule has 2 aromatic carbocycles. The Morgan fingerprint density at radius 3 is 2.07 bits per heavy atom. The van der Waals surface area contributed by atoms with E-state index >= 15 is 0 Å². The van der Waals surface area contributed by atoms with Crippen molar-refractivity contribution in [3.63, 3.8) is 0 Å². The van der Waals surface area contributed by atoms with Gasteiger partial charge in [0.1, 0.15) is 5.75 Å². The van der Waals surface area contributed by atoms with Gasteiger partial charge in [-0.15, -0.1) is 0 Å². The topological polar surface area (TPSA) is 81.0 Å². The number of rotatable bonds is 8. The average molecular weight is 388 g/mol. The Hall–Kier alpha value is -2.37. The highest BCUT2D eigenvalue weighted by atomic mass is 16.3. The van der Waals surface area contributed by atoms with Gasteiger partial charge in [-0.25, -0.2) is 0 Å². The maximum atomic E-state index is 10.5. The van der Waals surface area contributed by atoms with Gasteiger partial charge in [-0.3, -0.25) is 9.69 Å². The summed E-state index contributed by atoms with van der Waals surface area (Å²) in [5, 5.41) is 26.8. The molecule has 0 aliphatic rings. The lowest BCUT2D eigenvalue weighted by Crippen LogP contribution is -2.38. The van der Waals surface area contributed by atoms with Crippen LogP contribution >= 0.6 is 0 Å². The second kappa shape index (κ2) is 12.2. The summed E-state index contributed by atoms with van der Waals surface area (Å²) in [5.41, 5.74) is 2.92. The maximum Gasteiger partial charge on any atom is 0.290 e.